The van der Waals surface area contributed by atoms with E-state index in [1.807, 2.05) is 34.9 Å². The van der Waals surface area contributed by atoms with Crippen LogP contribution in [0.5, 0.6) is 17.2 Å². The summed E-state index contributed by atoms with van der Waals surface area (Å²) in [5.41, 5.74) is 1.95. The van der Waals surface area contributed by atoms with Crippen LogP contribution in [-0.2, 0) is 0 Å². The standard InChI is InChI=1S/C19H21N3O3S/c1-12(13-8-6-5-7-9-13)22-18(20-21-19(22)26)14-10-15(23-2)17(25-4)16(11-14)24-3/h5-12H,1-4H3,(H,21,26)/t12-/m0/s1. The molecule has 0 aliphatic carbocycles. The molecule has 0 saturated carbocycles. The fraction of sp³-hybridized carbons (Fsp3) is 0.263. The van der Waals surface area contributed by atoms with Crippen molar-refractivity contribution in [3.05, 3.63) is 52.8 Å². The molecule has 0 amide bonds. The number of nitrogens with zero attached hydrogens (tertiary/aromatic N) is 2. The molecule has 6 nitrogen and oxygen atoms in total. The van der Waals surface area contributed by atoms with E-state index >= 15 is 0 Å². The van der Waals surface area contributed by atoms with Gasteiger partial charge in [-0.2, -0.15) is 5.10 Å². The average Bonchev–Trinajstić information content (AvgIpc) is 3.08. The molecule has 0 radical (unpaired) electrons. The van der Waals surface area contributed by atoms with Crippen LogP contribution >= 0.6 is 12.2 Å². The van der Waals surface area contributed by atoms with Crippen molar-refractivity contribution in [3.63, 3.8) is 0 Å². The summed E-state index contributed by atoms with van der Waals surface area (Å²) in [4.78, 5) is 0. The highest BCUT2D eigenvalue weighted by Gasteiger charge is 2.20. The quantitative estimate of drug-likeness (QED) is 0.657. The third-order valence-electron chi connectivity index (χ3n) is 4.30. The van der Waals surface area contributed by atoms with E-state index in [9.17, 15) is 0 Å². The van der Waals surface area contributed by atoms with Gasteiger partial charge in [-0.1, -0.05) is 30.3 Å². The Morgan fingerprint density at radius 1 is 1.00 bits per heavy atom. The Hall–Kier alpha value is -2.80. The lowest BCUT2D eigenvalue weighted by Crippen LogP contribution is -2.09. The first-order chi connectivity index (χ1) is 12.6. The largest absolute Gasteiger partial charge is 0.493 e. The van der Waals surface area contributed by atoms with Crippen molar-refractivity contribution in [1.29, 1.82) is 0 Å². The molecule has 0 aliphatic rings. The number of methoxy groups -OCH3 is 3. The van der Waals surface area contributed by atoms with Gasteiger partial charge in [0, 0.05) is 5.56 Å². The Bertz CT molecular complexity index is 925. The fourth-order valence-corrected chi connectivity index (χ4v) is 3.25. The van der Waals surface area contributed by atoms with Crippen LogP contribution in [0.2, 0.25) is 0 Å². The molecular weight excluding hydrogens is 350 g/mol. The second-order valence-corrected chi connectivity index (χ2v) is 6.11. The monoisotopic (exact) mass is 371 g/mol. The molecule has 3 rings (SSSR count). The van der Waals surface area contributed by atoms with Crippen LogP contribution in [0.3, 0.4) is 0 Å². The van der Waals surface area contributed by atoms with Crippen LogP contribution in [0, 0.1) is 4.77 Å². The summed E-state index contributed by atoms with van der Waals surface area (Å²) in [7, 11) is 4.75. The van der Waals surface area contributed by atoms with Crippen molar-refractivity contribution in [3.8, 4) is 28.6 Å². The Morgan fingerprint density at radius 3 is 2.15 bits per heavy atom. The summed E-state index contributed by atoms with van der Waals surface area (Å²) in [5.74, 6) is 2.37. The van der Waals surface area contributed by atoms with Crippen LogP contribution in [0.15, 0.2) is 42.5 Å². The molecule has 0 fully saturated rings. The minimum Gasteiger partial charge on any atom is -0.493 e. The van der Waals surface area contributed by atoms with Gasteiger partial charge >= 0.3 is 0 Å². The first-order valence-electron chi connectivity index (χ1n) is 8.13. The minimum absolute atomic E-state index is 0.0107. The average molecular weight is 371 g/mol. The number of H-pyrrole nitrogens is 1. The molecule has 2 aromatic carbocycles. The van der Waals surface area contributed by atoms with Gasteiger partial charge in [0.25, 0.3) is 0 Å². The van der Waals surface area contributed by atoms with Gasteiger partial charge in [0.15, 0.2) is 22.1 Å². The summed E-state index contributed by atoms with van der Waals surface area (Å²) >= 11 is 5.48. The van der Waals surface area contributed by atoms with E-state index in [0.717, 1.165) is 11.1 Å². The van der Waals surface area contributed by atoms with Gasteiger partial charge in [-0.25, -0.2) is 0 Å². The molecule has 1 heterocycles. The molecule has 26 heavy (non-hydrogen) atoms. The summed E-state index contributed by atoms with van der Waals surface area (Å²) in [6, 6.07) is 13.9. The molecule has 0 unspecified atom stereocenters. The van der Waals surface area contributed by atoms with Crippen molar-refractivity contribution in [1.82, 2.24) is 14.8 Å². The highest BCUT2D eigenvalue weighted by Crippen LogP contribution is 2.41. The normalized spacial score (nSPS) is 11.8. The number of ether oxygens (including phenoxy) is 3. The Morgan fingerprint density at radius 2 is 1.62 bits per heavy atom. The van der Waals surface area contributed by atoms with Crippen LogP contribution in [0.25, 0.3) is 11.4 Å². The lowest BCUT2D eigenvalue weighted by Gasteiger charge is -2.18. The number of aromatic amines is 1. The number of rotatable bonds is 6. The van der Waals surface area contributed by atoms with Crippen LogP contribution in [-0.4, -0.2) is 36.1 Å². The van der Waals surface area contributed by atoms with Gasteiger partial charge in [0.1, 0.15) is 0 Å². The first kappa shape index (κ1) is 18.0. The molecule has 0 saturated heterocycles. The molecule has 0 spiro atoms. The van der Waals surface area contributed by atoms with E-state index in [0.29, 0.717) is 27.8 Å². The second kappa shape index (κ2) is 7.61. The van der Waals surface area contributed by atoms with Gasteiger partial charge in [-0.3, -0.25) is 9.67 Å². The van der Waals surface area contributed by atoms with Crippen LogP contribution < -0.4 is 14.2 Å². The van der Waals surface area contributed by atoms with Gasteiger partial charge in [-0.15, -0.1) is 0 Å². The maximum Gasteiger partial charge on any atom is 0.203 e. The minimum atomic E-state index is 0.0107. The van der Waals surface area contributed by atoms with Crippen LogP contribution in [0.4, 0.5) is 0 Å². The SMILES string of the molecule is COc1cc(-c2n[nH]c(=S)n2[C@@H](C)c2ccccc2)cc(OC)c1OC. The topological polar surface area (TPSA) is 61.3 Å². The van der Waals surface area contributed by atoms with E-state index < -0.39 is 0 Å². The molecule has 0 aliphatic heterocycles. The summed E-state index contributed by atoms with van der Waals surface area (Å²) in [6.07, 6.45) is 0. The van der Waals surface area contributed by atoms with Gasteiger partial charge < -0.3 is 14.2 Å². The second-order valence-electron chi connectivity index (χ2n) is 5.72. The predicted molar refractivity (Wildman–Crippen MR) is 103 cm³/mol. The van der Waals surface area contributed by atoms with E-state index in [1.54, 1.807) is 21.3 Å². The highest BCUT2D eigenvalue weighted by atomic mass is 32.1. The van der Waals surface area contributed by atoms with E-state index in [-0.39, 0.29) is 6.04 Å². The summed E-state index contributed by atoms with van der Waals surface area (Å²) in [5, 5.41) is 7.33. The third-order valence-corrected chi connectivity index (χ3v) is 4.58. The summed E-state index contributed by atoms with van der Waals surface area (Å²) < 4.78 is 18.8. The first-order valence-corrected chi connectivity index (χ1v) is 8.53. The number of benzene rings is 2. The van der Waals surface area contributed by atoms with E-state index in [1.165, 1.54) is 0 Å². The Balaban J connectivity index is 2.16. The number of hydrogen-bond donors (Lipinski definition) is 1. The van der Waals surface area contributed by atoms with Gasteiger partial charge in [-0.05, 0) is 36.8 Å². The fourth-order valence-electron chi connectivity index (χ4n) is 2.96. The molecule has 7 heteroatoms. The molecule has 0 bridgehead atoms. The zero-order valence-electron chi connectivity index (χ0n) is 15.1. The smallest absolute Gasteiger partial charge is 0.203 e. The number of nitrogens with one attached hydrogen (secondary N) is 1. The van der Waals surface area contributed by atoms with Crippen molar-refractivity contribution >= 4 is 12.2 Å². The van der Waals surface area contributed by atoms with Crippen molar-refractivity contribution in [2.24, 2.45) is 0 Å². The molecular formula is C19H21N3O3S. The van der Waals surface area contributed by atoms with E-state index in [2.05, 4.69) is 29.3 Å². The van der Waals surface area contributed by atoms with Crippen molar-refractivity contribution in [2.45, 2.75) is 13.0 Å². The van der Waals surface area contributed by atoms with Gasteiger partial charge in [0.2, 0.25) is 5.75 Å². The van der Waals surface area contributed by atoms with E-state index in [4.69, 9.17) is 26.4 Å². The predicted octanol–water partition coefficient (Wildman–Crippen LogP) is 4.24. The Labute approximate surface area is 157 Å². The molecule has 1 aromatic heterocycles. The van der Waals surface area contributed by atoms with Crippen molar-refractivity contribution in [2.75, 3.05) is 21.3 Å². The Kier molecular flexibility index (Phi) is 5.27. The molecule has 136 valence electrons. The number of hydrogen-bond acceptors (Lipinski definition) is 5. The summed E-state index contributed by atoms with van der Waals surface area (Å²) in [6.45, 7) is 2.09. The van der Waals surface area contributed by atoms with Crippen molar-refractivity contribution < 1.29 is 14.2 Å². The zero-order chi connectivity index (χ0) is 18.7. The lowest BCUT2D eigenvalue weighted by molar-refractivity contribution is 0.324. The number of aromatic nitrogens is 3. The maximum absolute atomic E-state index is 5.48. The highest BCUT2D eigenvalue weighted by molar-refractivity contribution is 7.71. The third kappa shape index (κ3) is 3.17. The molecule has 3 aromatic rings. The lowest BCUT2D eigenvalue weighted by atomic mass is 10.1. The molecule has 1 N–H and O–H groups in total. The maximum atomic E-state index is 5.48. The van der Waals surface area contributed by atoms with Gasteiger partial charge in [0.05, 0.1) is 27.4 Å². The zero-order valence-corrected chi connectivity index (χ0v) is 16.0. The van der Waals surface area contributed by atoms with Crippen LogP contribution in [0.1, 0.15) is 18.5 Å². The molecule has 1 atom stereocenters.